The predicted octanol–water partition coefficient (Wildman–Crippen LogP) is 4.61. The van der Waals surface area contributed by atoms with Crippen molar-refractivity contribution in [1.29, 1.82) is 0 Å². The van der Waals surface area contributed by atoms with Gasteiger partial charge in [-0.15, -0.1) is 0 Å². The standard InChI is InChI=1S/C14H9ClF2O2/c1-8(18)13-3-2-11(7-14(13)15)19-12-5-9(16)4-10(17)6-12/h2-7H,1H3. The van der Waals surface area contributed by atoms with Gasteiger partial charge in [0.15, 0.2) is 5.78 Å². The fourth-order valence-corrected chi connectivity index (χ4v) is 1.87. The van der Waals surface area contributed by atoms with E-state index >= 15 is 0 Å². The summed E-state index contributed by atoms with van der Waals surface area (Å²) in [6, 6.07) is 7.27. The van der Waals surface area contributed by atoms with Crippen molar-refractivity contribution in [1.82, 2.24) is 0 Å². The van der Waals surface area contributed by atoms with Gasteiger partial charge in [0.05, 0.1) is 5.02 Å². The van der Waals surface area contributed by atoms with Crippen molar-refractivity contribution < 1.29 is 18.3 Å². The van der Waals surface area contributed by atoms with Gasteiger partial charge < -0.3 is 4.74 Å². The van der Waals surface area contributed by atoms with Crippen molar-refractivity contribution in [2.45, 2.75) is 6.92 Å². The molecule has 2 aromatic carbocycles. The normalized spacial score (nSPS) is 10.3. The summed E-state index contributed by atoms with van der Waals surface area (Å²) in [5.74, 6) is -1.33. The summed E-state index contributed by atoms with van der Waals surface area (Å²) in [7, 11) is 0. The zero-order chi connectivity index (χ0) is 14.0. The van der Waals surface area contributed by atoms with Crippen LogP contribution in [0.2, 0.25) is 5.02 Å². The third-order valence-electron chi connectivity index (χ3n) is 2.39. The molecule has 19 heavy (non-hydrogen) atoms. The molecule has 98 valence electrons. The number of hydrogen-bond donors (Lipinski definition) is 0. The zero-order valence-electron chi connectivity index (χ0n) is 9.91. The molecule has 0 N–H and O–H groups in total. The number of halogens is 3. The predicted molar refractivity (Wildman–Crippen MR) is 67.9 cm³/mol. The molecule has 0 heterocycles. The minimum absolute atomic E-state index is 0.0177. The van der Waals surface area contributed by atoms with Gasteiger partial charge in [-0.3, -0.25) is 4.79 Å². The molecular weight excluding hydrogens is 274 g/mol. The minimum Gasteiger partial charge on any atom is -0.457 e. The van der Waals surface area contributed by atoms with Gasteiger partial charge in [0, 0.05) is 29.8 Å². The number of hydrogen-bond acceptors (Lipinski definition) is 2. The van der Waals surface area contributed by atoms with E-state index in [1.165, 1.54) is 25.1 Å². The Hall–Kier alpha value is -1.94. The van der Waals surface area contributed by atoms with Gasteiger partial charge in [-0.25, -0.2) is 8.78 Å². The lowest BCUT2D eigenvalue weighted by molar-refractivity contribution is 0.101. The molecular formula is C14H9ClF2O2. The second kappa shape index (κ2) is 5.36. The molecule has 0 unspecified atom stereocenters. The minimum atomic E-state index is -0.735. The highest BCUT2D eigenvalue weighted by atomic mass is 35.5. The number of Topliss-reactive ketones (excluding diaryl/α,β-unsaturated/α-hetero) is 1. The average molecular weight is 283 g/mol. The molecule has 0 atom stereocenters. The largest absolute Gasteiger partial charge is 0.457 e. The molecule has 0 saturated heterocycles. The first kappa shape index (κ1) is 13.5. The van der Waals surface area contributed by atoms with Crippen LogP contribution in [-0.2, 0) is 0 Å². The number of carbonyl (C=O) groups is 1. The van der Waals surface area contributed by atoms with Crippen molar-refractivity contribution in [2.75, 3.05) is 0 Å². The third-order valence-corrected chi connectivity index (χ3v) is 2.70. The third kappa shape index (κ3) is 3.29. The number of ether oxygens (including phenoxy) is 1. The van der Waals surface area contributed by atoms with Crippen molar-refractivity contribution in [3.8, 4) is 11.5 Å². The molecule has 0 aliphatic heterocycles. The Labute approximate surface area is 113 Å². The van der Waals surface area contributed by atoms with E-state index in [1.54, 1.807) is 0 Å². The van der Waals surface area contributed by atoms with Gasteiger partial charge in [-0.1, -0.05) is 11.6 Å². The van der Waals surface area contributed by atoms with Crippen LogP contribution in [0, 0.1) is 11.6 Å². The van der Waals surface area contributed by atoms with Crippen LogP contribution in [0.4, 0.5) is 8.78 Å². The first-order valence-corrected chi connectivity index (χ1v) is 5.78. The Balaban J connectivity index is 2.28. The van der Waals surface area contributed by atoms with Gasteiger partial charge >= 0.3 is 0 Å². The Bertz CT molecular complexity index is 621. The maximum atomic E-state index is 13.0. The highest BCUT2D eigenvalue weighted by molar-refractivity contribution is 6.34. The summed E-state index contributed by atoms with van der Waals surface area (Å²) in [6.45, 7) is 1.39. The van der Waals surface area contributed by atoms with Crippen molar-refractivity contribution in [3.05, 3.63) is 58.6 Å². The lowest BCUT2D eigenvalue weighted by Crippen LogP contribution is -1.94. The molecule has 0 saturated carbocycles. The number of rotatable bonds is 3. The van der Waals surface area contributed by atoms with E-state index < -0.39 is 11.6 Å². The second-order valence-corrected chi connectivity index (χ2v) is 4.31. The Morgan fingerprint density at radius 2 is 1.68 bits per heavy atom. The van der Waals surface area contributed by atoms with E-state index in [0.29, 0.717) is 11.3 Å². The molecule has 0 aromatic heterocycles. The van der Waals surface area contributed by atoms with Gasteiger partial charge in [0.25, 0.3) is 0 Å². The van der Waals surface area contributed by atoms with E-state index in [9.17, 15) is 13.6 Å². The van der Waals surface area contributed by atoms with Crippen LogP contribution in [-0.4, -0.2) is 5.78 Å². The Morgan fingerprint density at radius 1 is 1.05 bits per heavy atom. The molecule has 5 heteroatoms. The van der Waals surface area contributed by atoms with Gasteiger partial charge in [0.2, 0.25) is 0 Å². The molecule has 0 aliphatic carbocycles. The molecule has 0 bridgehead atoms. The number of ketones is 1. The second-order valence-electron chi connectivity index (χ2n) is 3.91. The smallest absolute Gasteiger partial charge is 0.161 e. The van der Waals surface area contributed by atoms with E-state index in [4.69, 9.17) is 16.3 Å². The van der Waals surface area contributed by atoms with E-state index in [0.717, 1.165) is 18.2 Å². The highest BCUT2D eigenvalue weighted by Gasteiger charge is 2.08. The van der Waals surface area contributed by atoms with Gasteiger partial charge in [0.1, 0.15) is 23.1 Å². The average Bonchev–Trinajstić information content (AvgIpc) is 2.26. The summed E-state index contributed by atoms with van der Waals surface area (Å²) >= 11 is 5.90. The van der Waals surface area contributed by atoms with Crippen LogP contribution in [0.25, 0.3) is 0 Å². The lowest BCUT2D eigenvalue weighted by Gasteiger charge is -2.08. The van der Waals surface area contributed by atoms with Crippen molar-refractivity contribution in [2.24, 2.45) is 0 Å². The zero-order valence-corrected chi connectivity index (χ0v) is 10.7. The maximum absolute atomic E-state index is 13.0. The Kier molecular flexibility index (Phi) is 3.81. The van der Waals surface area contributed by atoms with Crippen molar-refractivity contribution >= 4 is 17.4 Å². The van der Waals surface area contributed by atoms with Gasteiger partial charge in [-0.2, -0.15) is 0 Å². The summed E-state index contributed by atoms with van der Waals surface area (Å²) in [5.41, 5.74) is 0.361. The van der Waals surface area contributed by atoms with Crippen LogP contribution >= 0.6 is 11.6 Å². The van der Waals surface area contributed by atoms with Gasteiger partial charge in [-0.05, 0) is 19.1 Å². The van der Waals surface area contributed by atoms with E-state index in [1.807, 2.05) is 0 Å². The molecule has 0 aliphatic rings. The molecule has 0 spiro atoms. The quantitative estimate of drug-likeness (QED) is 0.768. The summed E-state index contributed by atoms with van der Waals surface area (Å²) in [4.78, 5) is 11.2. The maximum Gasteiger partial charge on any atom is 0.161 e. The monoisotopic (exact) mass is 282 g/mol. The summed E-state index contributed by atoms with van der Waals surface area (Å²) in [6.07, 6.45) is 0. The first-order chi connectivity index (χ1) is 8.95. The fourth-order valence-electron chi connectivity index (χ4n) is 1.57. The van der Waals surface area contributed by atoms with Crippen LogP contribution in [0.15, 0.2) is 36.4 Å². The molecule has 2 rings (SSSR count). The van der Waals surface area contributed by atoms with Crippen LogP contribution in [0.5, 0.6) is 11.5 Å². The van der Waals surface area contributed by atoms with Crippen LogP contribution < -0.4 is 4.74 Å². The summed E-state index contributed by atoms with van der Waals surface area (Å²) in [5, 5.41) is 0.224. The SMILES string of the molecule is CC(=O)c1ccc(Oc2cc(F)cc(F)c2)cc1Cl. The Morgan fingerprint density at radius 3 is 2.21 bits per heavy atom. The molecule has 0 amide bonds. The molecule has 2 nitrogen and oxygen atoms in total. The van der Waals surface area contributed by atoms with E-state index in [-0.39, 0.29) is 16.6 Å². The van der Waals surface area contributed by atoms with Crippen molar-refractivity contribution in [3.63, 3.8) is 0 Å². The van der Waals surface area contributed by atoms with Crippen LogP contribution in [0.3, 0.4) is 0 Å². The molecule has 0 fully saturated rings. The number of benzene rings is 2. The molecule has 0 radical (unpaired) electrons. The van der Waals surface area contributed by atoms with Crippen LogP contribution in [0.1, 0.15) is 17.3 Å². The molecule has 2 aromatic rings. The first-order valence-electron chi connectivity index (χ1n) is 5.40. The van der Waals surface area contributed by atoms with E-state index in [2.05, 4.69) is 0 Å². The fraction of sp³-hybridized carbons (Fsp3) is 0.0714. The highest BCUT2D eigenvalue weighted by Crippen LogP contribution is 2.28. The number of carbonyl (C=O) groups excluding carboxylic acids is 1. The summed E-state index contributed by atoms with van der Waals surface area (Å²) < 4.78 is 31.3. The lowest BCUT2D eigenvalue weighted by atomic mass is 10.1. The topological polar surface area (TPSA) is 26.3 Å².